The fraction of sp³-hybridized carbons (Fsp3) is 0.760. The van der Waals surface area contributed by atoms with Crippen LogP contribution in [0, 0.1) is 24.2 Å². The molecular formula is C25H38N4O2. The van der Waals surface area contributed by atoms with Gasteiger partial charge in [0.15, 0.2) is 0 Å². The predicted octanol–water partition coefficient (Wildman–Crippen LogP) is 3.46. The van der Waals surface area contributed by atoms with Crippen LogP contribution in [0.5, 0.6) is 0 Å². The fourth-order valence-electron chi connectivity index (χ4n) is 6.56. The van der Waals surface area contributed by atoms with Crippen molar-refractivity contribution in [2.75, 3.05) is 26.2 Å². The van der Waals surface area contributed by atoms with Gasteiger partial charge in [-0.25, -0.2) is 0 Å². The van der Waals surface area contributed by atoms with Crippen molar-refractivity contribution in [2.24, 2.45) is 24.3 Å². The molecule has 6 rings (SSSR count). The molecule has 3 atom stereocenters. The number of hydrogen-bond acceptors (Lipinski definition) is 4. The number of amides is 1. The summed E-state index contributed by atoms with van der Waals surface area (Å²) in [5, 5.41) is 7.31. The summed E-state index contributed by atoms with van der Waals surface area (Å²) in [6.07, 6.45) is 9.74. The Morgan fingerprint density at radius 2 is 2.06 bits per heavy atom. The molecule has 1 aromatic rings. The summed E-state index contributed by atoms with van der Waals surface area (Å²) in [4.78, 5) is 15.1. The summed E-state index contributed by atoms with van der Waals surface area (Å²) < 4.78 is 8.18. The third kappa shape index (κ3) is 3.86. The number of aromatic nitrogens is 2. The van der Waals surface area contributed by atoms with Crippen LogP contribution in [0.3, 0.4) is 0 Å². The van der Waals surface area contributed by atoms with Crippen LogP contribution in [0.15, 0.2) is 17.7 Å². The minimum absolute atomic E-state index is 0.0246. The first kappa shape index (κ1) is 21.2. The summed E-state index contributed by atoms with van der Waals surface area (Å²) in [5.74, 6) is 1.66. The Balaban J connectivity index is 1.09. The van der Waals surface area contributed by atoms with E-state index < -0.39 is 0 Å². The molecule has 0 aromatic carbocycles. The van der Waals surface area contributed by atoms with Crippen LogP contribution >= 0.6 is 0 Å². The van der Waals surface area contributed by atoms with Crippen molar-refractivity contribution in [1.29, 1.82) is 0 Å². The van der Waals surface area contributed by atoms with Gasteiger partial charge in [0.05, 0.1) is 17.4 Å². The van der Waals surface area contributed by atoms with Crippen molar-refractivity contribution in [1.82, 2.24) is 20.0 Å². The topological polar surface area (TPSA) is 59.4 Å². The number of fused-ring (bicyclic) bond motifs is 1. The first-order valence-corrected chi connectivity index (χ1v) is 12.1. The van der Waals surface area contributed by atoms with E-state index >= 15 is 0 Å². The highest BCUT2D eigenvalue weighted by Crippen LogP contribution is 2.59. The number of likely N-dealkylation sites (tertiary alicyclic amines) is 1. The Kier molecular flexibility index (Phi) is 5.29. The van der Waals surface area contributed by atoms with Crippen molar-refractivity contribution in [3.63, 3.8) is 0 Å². The molecule has 2 bridgehead atoms. The molecule has 5 aliphatic rings. The minimum atomic E-state index is -0.0654. The van der Waals surface area contributed by atoms with E-state index in [2.05, 4.69) is 35.2 Å². The number of carbonyl (C=O) groups is 1. The molecule has 2 saturated heterocycles. The zero-order chi connectivity index (χ0) is 21.8. The molecule has 6 heteroatoms. The highest BCUT2D eigenvalue weighted by Gasteiger charge is 2.51. The van der Waals surface area contributed by atoms with Crippen LogP contribution in [0.1, 0.15) is 68.6 Å². The molecule has 1 aromatic heterocycles. The van der Waals surface area contributed by atoms with Crippen molar-refractivity contribution in [2.45, 2.75) is 71.0 Å². The third-order valence-corrected chi connectivity index (χ3v) is 8.82. The van der Waals surface area contributed by atoms with Gasteiger partial charge in [-0.1, -0.05) is 25.5 Å². The molecule has 0 unspecified atom stereocenters. The molecule has 1 amide bonds. The summed E-state index contributed by atoms with van der Waals surface area (Å²) in [6.45, 7) is 10.8. The number of hydrogen-bond donors (Lipinski definition) is 1. The van der Waals surface area contributed by atoms with E-state index in [0.29, 0.717) is 17.7 Å². The first-order chi connectivity index (χ1) is 14.8. The Labute approximate surface area is 186 Å². The van der Waals surface area contributed by atoms with E-state index in [9.17, 15) is 4.79 Å². The van der Waals surface area contributed by atoms with E-state index in [1.54, 1.807) is 10.3 Å². The lowest BCUT2D eigenvalue weighted by molar-refractivity contribution is -0.0762. The van der Waals surface area contributed by atoms with Crippen LogP contribution in [-0.2, 0) is 11.8 Å². The van der Waals surface area contributed by atoms with Gasteiger partial charge in [-0.3, -0.25) is 14.4 Å². The lowest BCUT2D eigenvalue weighted by Crippen LogP contribution is -2.51. The number of ether oxygens (including phenoxy) is 1. The Morgan fingerprint density at radius 3 is 2.71 bits per heavy atom. The summed E-state index contributed by atoms with van der Waals surface area (Å²) in [7, 11) is 1.81. The van der Waals surface area contributed by atoms with Crippen molar-refractivity contribution >= 4 is 5.91 Å². The van der Waals surface area contributed by atoms with Gasteiger partial charge in [0, 0.05) is 33.2 Å². The largest absolute Gasteiger partial charge is 0.370 e. The molecule has 2 aliphatic heterocycles. The number of piperidine rings is 1. The molecule has 3 aliphatic carbocycles. The highest BCUT2D eigenvalue weighted by molar-refractivity contribution is 5.92. The maximum Gasteiger partial charge on any atom is 0.269 e. The number of nitrogens with zero attached hydrogens (tertiary/aromatic N) is 3. The molecule has 3 heterocycles. The van der Waals surface area contributed by atoms with E-state index in [0.717, 1.165) is 62.8 Å². The maximum absolute atomic E-state index is 12.5. The second kappa shape index (κ2) is 7.73. The number of carbonyl (C=O) groups excluding carboxylic acids is 1. The number of rotatable bonds is 5. The zero-order valence-electron chi connectivity index (χ0n) is 19.6. The second-order valence-corrected chi connectivity index (χ2v) is 11.1. The zero-order valence-corrected chi connectivity index (χ0v) is 19.6. The van der Waals surface area contributed by atoms with Crippen LogP contribution in [-0.4, -0.2) is 58.5 Å². The van der Waals surface area contributed by atoms with Gasteiger partial charge >= 0.3 is 0 Å². The van der Waals surface area contributed by atoms with Crippen LogP contribution < -0.4 is 5.32 Å². The van der Waals surface area contributed by atoms with Gasteiger partial charge in [0.2, 0.25) is 0 Å². The van der Waals surface area contributed by atoms with Crippen LogP contribution in [0.25, 0.3) is 0 Å². The molecule has 1 N–H and O–H groups in total. The van der Waals surface area contributed by atoms with Crippen LogP contribution in [0.4, 0.5) is 0 Å². The number of aryl methyl sites for hydroxylation is 2. The minimum Gasteiger partial charge on any atom is -0.370 e. The normalized spacial score (nSPS) is 31.4. The summed E-state index contributed by atoms with van der Waals surface area (Å²) in [6, 6.07) is 1.83. The lowest BCUT2D eigenvalue weighted by atomic mass is 9.49. The van der Waals surface area contributed by atoms with Crippen molar-refractivity contribution in [3.05, 3.63) is 29.1 Å². The Bertz CT molecular complexity index is 878. The monoisotopic (exact) mass is 426 g/mol. The van der Waals surface area contributed by atoms with Gasteiger partial charge in [-0.15, -0.1) is 0 Å². The number of nitrogens with one attached hydrogen (secondary N) is 1. The molecule has 0 radical (unpaired) electrons. The fourth-order valence-corrected chi connectivity index (χ4v) is 6.56. The van der Waals surface area contributed by atoms with Crippen molar-refractivity contribution < 1.29 is 9.53 Å². The van der Waals surface area contributed by atoms with E-state index in [1.807, 2.05) is 20.0 Å². The average molecular weight is 427 g/mol. The smallest absolute Gasteiger partial charge is 0.269 e. The van der Waals surface area contributed by atoms with Gasteiger partial charge in [-0.05, 0) is 68.8 Å². The van der Waals surface area contributed by atoms with Gasteiger partial charge in [-0.2, -0.15) is 5.10 Å². The standard InChI is InChI=1S/C25H38N4O2/c1-17-13-22(28(4)27-17)23(30)26-15-20-7-8-25(31-20)9-11-29(12-10-25)16-18-5-6-19-14-21(18)24(19,2)3/h5,13,19-21H,6-12,14-16H2,1-4H3,(H,26,30)/t19-,20-,21-/m0/s1. The van der Waals surface area contributed by atoms with E-state index in [-0.39, 0.29) is 17.6 Å². The molecule has 170 valence electrons. The van der Waals surface area contributed by atoms with Crippen LogP contribution in [0.2, 0.25) is 0 Å². The Morgan fingerprint density at radius 1 is 1.29 bits per heavy atom. The summed E-state index contributed by atoms with van der Waals surface area (Å²) in [5.41, 5.74) is 3.71. The predicted molar refractivity (Wildman–Crippen MR) is 121 cm³/mol. The van der Waals surface area contributed by atoms with E-state index in [4.69, 9.17) is 4.74 Å². The number of allylic oxidation sites excluding steroid dienone is 1. The highest BCUT2D eigenvalue weighted by atomic mass is 16.5. The Hall–Kier alpha value is -1.66. The van der Waals surface area contributed by atoms with Gasteiger partial charge < -0.3 is 10.1 Å². The van der Waals surface area contributed by atoms with E-state index in [1.165, 1.54) is 12.8 Å². The van der Waals surface area contributed by atoms with Gasteiger partial charge in [0.25, 0.3) is 5.91 Å². The quantitative estimate of drug-likeness (QED) is 0.733. The molecule has 31 heavy (non-hydrogen) atoms. The molecule has 3 fully saturated rings. The molecule has 1 spiro atoms. The third-order valence-electron chi connectivity index (χ3n) is 8.82. The SMILES string of the molecule is Cc1cc(C(=O)NC[C@@H]2CCC3(CCN(CC4=CC[C@H]5C[C@@H]4C5(C)C)CC3)O2)n(C)n1. The van der Waals surface area contributed by atoms with Gasteiger partial charge in [0.1, 0.15) is 5.69 Å². The average Bonchev–Trinajstić information content (AvgIpc) is 3.30. The summed E-state index contributed by atoms with van der Waals surface area (Å²) >= 11 is 0. The second-order valence-electron chi connectivity index (χ2n) is 11.1. The first-order valence-electron chi connectivity index (χ1n) is 12.1. The van der Waals surface area contributed by atoms with Crippen molar-refractivity contribution in [3.8, 4) is 0 Å². The molecular weight excluding hydrogens is 388 g/mol. The maximum atomic E-state index is 12.5. The lowest BCUT2D eigenvalue weighted by Gasteiger charge is -2.57. The molecule has 6 nitrogen and oxygen atoms in total. The molecule has 1 saturated carbocycles.